The van der Waals surface area contributed by atoms with Gasteiger partial charge in [-0.05, 0) is 11.2 Å². The van der Waals surface area contributed by atoms with Crippen LogP contribution in [0.5, 0.6) is 0 Å². The molecule has 0 aliphatic rings. The van der Waals surface area contributed by atoms with Gasteiger partial charge in [0.15, 0.2) is 0 Å². The Labute approximate surface area is 68.9 Å². The van der Waals surface area contributed by atoms with Crippen LogP contribution < -0.4 is 35.7 Å². The van der Waals surface area contributed by atoms with Crippen LogP contribution in [0.3, 0.4) is 0 Å². The summed E-state index contributed by atoms with van der Waals surface area (Å²) in [5, 5.41) is 0. The van der Waals surface area contributed by atoms with Gasteiger partial charge in [0.05, 0.1) is 9.05 Å². The van der Waals surface area contributed by atoms with E-state index in [-0.39, 0.29) is 35.7 Å². The van der Waals surface area contributed by atoms with Crippen molar-refractivity contribution in [3.63, 3.8) is 0 Å². The summed E-state index contributed by atoms with van der Waals surface area (Å²) in [6, 6.07) is 0. The Morgan fingerprint density at radius 1 is 1.71 bits per heavy atom. The topological polar surface area (TPSA) is 95.4 Å². The first-order chi connectivity index (χ1) is 2.00. The molecule has 7 heavy (non-hydrogen) atoms. The summed E-state index contributed by atoms with van der Waals surface area (Å²) in [6.07, 6.45) is 0. The van der Waals surface area contributed by atoms with Gasteiger partial charge in [-0.3, -0.25) is 0 Å². The van der Waals surface area contributed by atoms with Crippen molar-refractivity contribution in [2.75, 3.05) is 0 Å². The summed E-state index contributed by atoms with van der Waals surface area (Å²) >= 11 is 3.35. The first-order valence-electron chi connectivity index (χ1n) is 0.683. The van der Waals surface area contributed by atoms with Crippen LogP contribution >= 0.6 is 0 Å². The summed E-state index contributed by atoms with van der Waals surface area (Å²) in [5.74, 6) is 0. The minimum atomic E-state index is -4.08. The third-order valence-electron chi connectivity index (χ3n) is 0. The number of hydrogen-bond donors (Lipinski definition) is 2. The molecule has 0 spiro atoms. The van der Waals surface area contributed by atoms with Gasteiger partial charge in [-0.25, -0.2) is 4.21 Å². The molecule has 0 bridgehead atoms. The molecule has 0 aromatic carbocycles. The molecule has 4 nitrogen and oxygen atoms in total. The maximum atomic E-state index is 9.00. The summed E-state index contributed by atoms with van der Waals surface area (Å²) in [5.41, 5.74) is 0. The van der Waals surface area contributed by atoms with E-state index in [1.807, 2.05) is 0 Å². The van der Waals surface area contributed by atoms with Gasteiger partial charge in [0.25, 0.3) is 0 Å². The second kappa shape index (κ2) is 5.39. The SMILES string of the molecule is N.O=S([O-])(O)=S.[Na+]. The van der Waals surface area contributed by atoms with Crippen molar-refractivity contribution >= 4 is 20.2 Å². The Morgan fingerprint density at radius 3 is 1.71 bits per heavy atom. The van der Waals surface area contributed by atoms with Gasteiger partial charge in [-0.2, -0.15) is 0 Å². The molecule has 4 N–H and O–H groups in total. The molecule has 0 saturated heterocycles. The van der Waals surface area contributed by atoms with E-state index < -0.39 is 9.05 Å². The molecule has 0 aliphatic carbocycles. The van der Waals surface area contributed by atoms with E-state index in [1.165, 1.54) is 0 Å². The van der Waals surface area contributed by atoms with E-state index in [2.05, 4.69) is 11.2 Å². The molecule has 0 radical (unpaired) electrons. The average molecular weight is 153 g/mol. The predicted molar refractivity (Wildman–Crippen MR) is 23.9 cm³/mol. The fourth-order valence-electron chi connectivity index (χ4n) is 0. The molecule has 0 amide bonds. The molecule has 0 rings (SSSR count). The zero-order valence-electron chi connectivity index (χ0n) is 3.79. The van der Waals surface area contributed by atoms with Crippen LogP contribution in [-0.4, -0.2) is 13.3 Å². The van der Waals surface area contributed by atoms with E-state index >= 15 is 0 Å². The molecule has 0 heterocycles. The maximum absolute atomic E-state index is 9.00. The van der Waals surface area contributed by atoms with Gasteiger partial charge in [0.2, 0.25) is 0 Å². The predicted octanol–water partition coefficient (Wildman–Crippen LogP) is -3.50. The third kappa shape index (κ3) is 128. The molecular weight excluding hydrogens is 149 g/mol. The fraction of sp³-hybridized carbons (Fsp3) is 0. The smallest absolute Gasteiger partial charge is 0.748 e. The van der Waals surface area contributed by atoms with Crippen LogP contribution in [0, 0.1) is 0 Å². The van der Waals surface area contributed by atoms with E-state index in [1.54, 1.807) is 0 Å². The Hall–Kier alpha value is 1.25. The zero-order chi connectivity index (χ0) is 4.50. The van der Waals surface area contributed by atoms with Crippen LogP contribution in [0.4, 0.5) is 0 Å². The Bertz CT molecular complexity index is 96.1. The Balaban J connectivity index is -0.0000000800. The van der Waals surface area contributed by atoms with Crippen molar-refractivity contribution in [3.05, 3.63) is 0 Å². The number of rotatable bonds is 0. The molecule has 40 valence electrons. The van der Waals surface area contributed by atoms with Gasteiger partial charge >= 0.3 is 29.6 Å². The first-order valence-corrected chi connectivity index (χ1v) is 3.05. The van der Waals surface area contributed by atoms with E-state index in [0.717, 1.165) is 0 Å². The molecular formula is H4NNaO3S2. The van der Waals surface area contributed by atoms with Crippen LogP contribution in [0.1, 0.15) is 0 Å². The van der Waals surface area contributed by atoms with E-state index in [9.17, 15) is 0 Å². The average Bonchev–Trinajstić information content (AvgIpc) is 0.722. The minimum Gasteiger partial charge on any atom is -0.748 e. The first kappa shape index (κ1) is 15.7. The van der Waals surface area contributed by atoms with Gasteiger partial charge < -0.3 is 15.3 Å². The van der Waals surface area contributed by atoms with Crippen molar-refractivity contribution in [2.24, 2.45) is 0 Å². The van der Waals surface area contributed by atoms with Crippen LogP contribution in [0.2, 0.25) is 0 Å². The zero-order valence-corrected chi connectivity index (χ0v) is 7.42. The van der Waals surface area contributed by atoms with Crippen molar-refractivity contribution in [2.45, 2.75) is 0 Å². The summed E-state index contributed by atoms with van der Waals surface area (Å²) < 4.78 is 25.3. The minimum absolute atomic E-state index is 0. The molecule has 7 heteroatoms. The molecule has 0 aromatic heterocycles. The fourth-order valence-corrected chi connectivity index (χ4v) is 0. The summed E-state index contributed by atoms with van der Waals surface area (Å²) in [7, 11) is -4.08. The quantitative estimate of drug-likeness (QED) is 0.352. The maximum Gasteiger partial charge on any atom is 1.00 e. The second-order valence-electron chi connectivity index (χ2n) is 0.428. The second-order valence-corrected chi connectivity index (χ2v) is 2.55. The molecule has 1 unspecified atom stereocenters. The molecule has 0 aliphatic heterocycles. The van der Waals surface area contributed by atoms with Crippen molar-refractivity contribution < 1.29 is 42.9 Å². The normalized spacial score (nSPS) is 15.1. The Morgan fingerprint density at radius 2 is 1.71 bits per heavy atom. The van der Waals surface area contributed by atoms with Crippen molar-refractivity contribution in [1.82, 2.24) is 6.15 Å². The molecule has 1 atom stereocenters. The van der Waals surface area contributed by atoms with Crippen LogP contribution in [0.15, 0.2) is 0 Å². The molecule has 0 saturated carbocycles. The summed E-state index contributed by atoms with van der Waals surface area (Å²) in [6.45, 7) is 0. The largest absolute Gasteiger partial charge is 1.00 e. The van der Waals surface area contributed by atoms with Crippen molar-refractivity contribution in [1.29, 1.82) is 0 Å². The van der Waals surface area contributed by atoms with Crippen LogP contribution in [0.25, 0.3) is 0 Å². The number of hydrogen-bond acceptors (Lipinski definition) is 4. The van der Waals surface area contributed by atoms with Gasteiger partial charge in [-0.15, -0.1) is 0 Å². The summed E-state index contributed by atoms with van der Waals surface area (Å²) in [4.78, 5) is 0. The van der Waals surface area contributed by atoms with Gasteiger partial charge in [0, 0.05) is 0 Å². The van der Waals surface area contributed by atoms with Crippen LogP contribution in [-0.2, 0) is 20.2 Å². The molecule has 0 fully saturated rings. The van der Waals surface area contributed by atoms with Gasteiger partial charge in [0.1, 0.15) is 0 Å². The third-order valence-corrected chi connectivity index (χ3v) is 0. The molecule has 0 aromatic rings. The van der Waals surface area contributed by atoms with E-state index in [4.69, 9.17) is 13.3 Å². The standard InChI is InChI=1S/H3N.Na.H2O3S2/c;;1-5(2,3)4/h1H3;;(H2,1,2,3,4)/q;+1;/p-1. The van der Waals surface area contributed by atoms with Gasteiger partial charge in [-0.1, -0.05) is 0 Å². The van der Waals surface area contributed by atoms with Crippen molar-refractivity contribution in [3.8, 4) is 0 Å². The van der Waals surface area contributed by atoms with E-state index in [0.29, 0.717) is 0 Å². The Kier molecular flexibility index (Phi) is 12.1. The monoisotopic (exact) mass is 153 g/mol.